The lowest BCUT2D eigenvalue weighted by atomic mass is 9.99. The Hall–Kier alpha value is -1.55. The van der Waals surface area contributed by atoms with Crippen LogP contribution in [0.5, 0.6) is 5.88 Å². The van der Waals surface area contributed by atoms with Gasteiger partial charge in [-0.05, 0) is 26.0 Å². The number of aromatic nitrogens is 2. The molecule has 0 aliphatic carbocycles. The molecule has 17 heavy (non-hydrogen) atoms. The number of hydrogen-bond acceptors (Lipinski definition) is 3. The molecule has 0 unspecified atom stereocenters. The minimum atomic E-state index is 0.584. The normalized spacial score (nSPS) is 20.5. The molecule has 0 fully saturated rings. The highest BCUT2D eigenvalue weighted by atomic mass is 16.5. The van der Waals surface area contributed by atoms with Crippen molar-refractivity contribution >= 4 is 10.9 Å². The first-order valence-electron chi connectivity index (χ1n) is 5.92. The van der Waals surface area contributed by atoms with E-state index in [9.17, 15) is 0 Å². The van der Waals surface area contributed by atoms with Gasteiger partial charge < -0.3 is 9.72 Å². The highest BCUT2D eigenvalue weighted by Crippen LogP contribution is 2.30. The van der Waals surface area contributed by atoms with Crippen LogP contribution in [0.3, 0.4) is 0 Å². The summed E-state index contributed by atoms with van der Waals surface area (Å²) in [7, 11) is 3.82. The molecule has 1 N–H and O–H groups in total. The van der Waals surface area contributed by atoms with Crippen LogP contribution in [0.25, 0.3) is 10.9 Å². The fraction of sp³-hybridized carbons (Fsp3) is 0.462. The molecule has 0 saturated carbocycles. The number of H-pyrrole nitrogens is 1. The van der Waals surface area contributed by atoms with Gasteiger partial charge in [-0.2, -0.15) is 0 Å². The molecule has 2 aromatic heterocycles. The van der Waals surface area contributed by atoms with Gasteiger partial charge in [-0.1, -0.05) is 0 Å². The first-order chi connectivity index (χ1) is 8.19. The van der Waals surface area contributed by atoms with Crippen molar-refractivity contribution in [1.82, 2.24) is 14.9 Å². The molecule has 4 nitrogen and oxygen atoms in total. The molecule has 0 aromatic carbocycles. The second-order valence-corrected chi connectivity index (χ2v) is 4.82. The molecular weight excluding hydrogens is 214 g/mol. The Bertz CT molecular complexity index is 561. The fourth-order valence-corrected chi connectivity index (χ4v) is 2.52. The summed E-state index contributed by atoms with van der Waals surface area (Å²) < 4.78 is 5.20. The summed E-state index contributed by atoms with van der Waals surface area (Å²) in [6, 6.07) is 2.61. The number of pyridine rings is 1. The molecule has 1 atom stereocenters. The number of nitrogens with zero attached hydrogens (tertiary/aromatic N) is 2. The van der Waals surface area contributed by atoms with E-state index in [1.54, 1.807) is 7.11 Å². The average molecular weight is 231 g/mol. The maximum absolute atomic E-state index is 5.20. The van der Waals surface area contributed by atoms with Gasteiger partial charge in [-0.15, -0.1) is 0 Å². The van der Waals surface area contributed by atoms with Crippen LogP contribution in [0.1, 0.15) is 18.2 Å². The first-order valence-corrected chi connectivity index (χ1v) is 5.92. The van der Waals surface area contributed by atoms with Crippen molar-refractivity contribution in [3.63, 3.8) is 0 Å². The second-order valence-electron chi connectivity index (χ2n) is 4.82. The zero-order valence-corrected chi connectivity index (χ0v) is 10.4. The zero-order chi connectivity index (χ0) is 12.0. The van der Waals surface area contributed by atoms with Gasteiger partial charge in [0.1, 0.15) is 0 Å². The van der Waals surface area contributed by atoms with Gasteiger partial charge in [-0.3, -0.25) is 4.90 Å². The molecule has 0 radical (unpaired) electrons. The summed E-state index contributed by atoms with van der Waals surface area (Å²) in [5, 5.41) is 1.26. The van der Waals surface area contributed by atoms with E-state index < -0.39 is 0 Å². The Balaban J connectivity index is 2.17. The van der Waals surface area contributed by atoms with E-state index >= 15 is 0 Å². The number of likely N-dealkylation sites (N-methyl/N-ethyl adjacent to an activating group) is 1. The van der Waals surface area contributed by atoms with Crippen LogP contribution in [0.15, 0.2) is 12.3 Å². The fourth-order valence-electron chi connectivity index (χ4n) is 2.52. The molecule has 3 heterocycles. The van der Waals surface area contributed by atoms with E-state index in [4.69, 9.17) is 4.74 Å². The smallest absolute Gasteiger partial charge is 0.213 e. The summed E-state index contributed by atoms with van der Waals surface area (Å²) >= 11 is 0. The van der Waals surface area contributed by atoms with Crippen molar-refractivity contribution in [1.29, 1.82) is 0 Å². The van der Waals surface area contributed by atoms with Gasteiger partial charge in [0, 0.05) is 29.7 Å². The number of hydrogen-bond donors (Lipinski definition) is 1. The Labute approximate surface area is 101 Å². The van der Waals surface area contributed by atoms with Crippen LogP contribution in [0.4, 0.5) is 0 Å². The van der Waals surface area contributed by atoms with Gasteiger partial charge in [0.05, 0.1) is 18.8 Å². The number of methoxy groups -OCH3 is 1. The Morgan fingerprint density at radius 3 is 3.12 bits per heavy atom. The van der Waals surface area contributed by atoms with Gasteiger partial charge in [0.25, 0.3) is 0 Å². The number of nitrogens with one attached hydrogen (secondary N) is 1. The second kappa shape index (κ2) is 3.74. The third kappa shape index (κ3) is 1.60. The molecule has 0 bridgehead atoms. The topological polar surface area (TPSA) is 41.1 Å². The summed E-state index contributed by atoms with van der Waals surface area (Å²) in [4.78, 5) is 10.1. The van der Waals surface area contributed by atoms with Gasteiger partial charge in [0.2, 0.25) is 5.88 Å². The Morgan fingerprint density at radius 1 is 1.53 bits per heavy atom. The molecule has 0 spiro atoms. The van der Waals surface area contributed by atoms with Gasteiger partial charge in [0.15, 0.2) is 0 Å². The standard InChI is InChI=1S/C13H17N3O/c1-8-4-9-10-5-13(17-3)14-6-11(10)15-12(9)7-16(8)2/h5-6,8,15H,4,7H2,1-3H3/t8-/m1/s1. The van der Waals surface area contributed by atoms with Crippen LogP contribution in [0.2, 0.25) is 0 Å². The molecule has 4 heteroatoms. The maximum Gasteiger partial charge on any atom is 0.213 e. The lowest BCUT2D eigenvalue weighted by Gasteiger charge is -2.29. The van der Waals surface area contributed by atoms with Gasteiger partial charge >= 0.3 is 0 Å². The molecular formula is C13H17N3O. The van der Waals surface area contributed by atoms with E-state index in [1.165, 1.54) is 16.6 Å². The average Bonchev–Trinajstić information content (AvgIpc) is 2.67. The van der Waals surface area contributed by atoms with E-state index in [1.807, 2.05) is 12.3 Å². The molecule has 90 valence electrons. The zero-order valence-electron chi connectivity index (χ0n) is 10.4. The van der Waals surface area contributed by atoms with Crippen molar-refractivity contribution in [2.45, 2.75) is 25.9 Å². The molecule has 0 amide bonds. The molecule has 1 aliphatic heterocycles. The third-order valence-electron chi connectivity index (χ3n) is 3.72. The van der Waals surface area contributed by atoms with E-state index in [-0.39, 0.29) is 0 Å². The lowest BCUT2D eigenvalue weighted by molar-refractivity contribution is 0.229. The largest absolute Gasteiger partial charge is 0.481 e. The Kier molecular flexibility index (Phi) is 2.33. The number of aromatic amines is 1. The SMILES string of the molecule is COc1cc2c3c([nH]c2cn1)CN(C)[C@H](C)C3. The van der Waals surface area contributed by atoms with Crippen molar-refractivity contribution in [3.8, 4) is 5.88 Å². The van der Waals surface area contributed by atoms with Crippen molar-refractivity contribution < 1.29 is 4.74 Å². The maximum atomic E-state index is 5.20. The lowest BCUT2D eigenvalue weighted by Crippen LogP contribution is -2.34. The van der Waals surface area contributed by atoms with Crippen LogP contribution >= 0.6 is 0 Å². The van der Waals surface area contributed by atoms with E-state index in [0.717, 1.165) is 18.5 Å². The third-order valence-corrected chi connectivity index (χ3v) is 3.72. The van der Waals surface area contributed by atoms with Crippen LogP contribution in [-0.2, 0) is 13.0 Å². The highest BCUT2D eigenvalue weighted by molar-refractivity contribution is 5.85. The monoisotopic (exact) mass is 231 g/mol. The van der Waals surface area contributed by atoms with Crippen molar-refractivity contribution in [3.05, 3.63) is 23.5 Å². The minimum Gasteiger partial charge on any atom is -0.481 e. The summed E-state index contributed by atoms with van der Waals surface area (Å²) in [5.74, 6) is 0.686. The first kappa shape index (κ1) is 10.6. The number of rotatable bonds is 1. The molecule has 3 rings (SSSR count). The van der Waals surface area contributed by atoms with Crippen molar-refractivity contribution in [2.24, 2.45) is 0 Å². The molecule has 0 saturated heterocycles. The van der Waals surface area contributed by atoms with Crippen LogP contribution < -0.4 is 4.74 Å². The van der Waals surface area contributed by atoms with Crippen molar-refractivity contribution in [2.75, 3.05) is 14.2 Å². The van der Waals surface area contributed by atoms with Gasteiger partial charge in [-0.25, -0.2) is 4.98 Å². The summed E-state index contributed by atoms with van der Waals surface area (Å²) in [6.45, 7) is 3.24. The number of ether oxygens (including phenoxy) is 1. The summed E-state index contributed by atoms with van der Waals surface area (Å²) in [5.41, 5.74) is 3.85. The van der Waals surface area contributed by atoms with Crippen LogP contribution in [-0.4, -0.2) is 35.1 Å². The predicted molar refractivity (Wildman–Crippen MR) is 67.3 cm³/mol. The van der Waals surface area contributed by atoms with E-state index in [0.29, 0.717) is 11.9 Å². The molecule has 2 aromatic rings. The number of fused-ring (bicyclic) bond motifs is 3. The van der Waals surface area contributed by atoms with Crippen LogP contribution in [0, 0.1) is 0 Å². The summed E-state index contributed by atoms with van der Waals surface area (Å²) in [6.07, 6.45) is 2.94. The quantitative estimate of drug-likeness (QED) is 0.815. The molecule has 1 aliphatic rings. The highest BCUT2D eigenvalue weighted by Gasteiger charge is 2.23. The predicted octanol–water partition coefficient (Wildman–Crippen LogP) is 1.95. The Morgan fingerprint density at radius 2 is 2.35 bits per heavy atom. The minimum absolute atomic E-state index is 0.584. The van der Waals surface area contributed by atoms with E-state index in [2.05, 4.69) is 28.8 Å².